The maximum Gasteiger partial charge on any atom is 0.405 e. The largest absolute Gasteiger partial charge is 0.465 e. The topological polar surface area (TPSA) is 223 Å². The van der Waals surface area contributed by atoms with Crippen LogP contribution in [0.4, 0.5) is 21.0 Å². The summed E-state index contributed by atoms with van der Waals surface area (Å²) in [6, 6.07) is 17.2. The van der Waals surface area contributed by atoms with Gasteiger partial charge in [0.05, 0.1) is 23.8 Å². The molecule has 6 N–H and O–H groups in total. The Labute approximate surface area is 406 Å². The van der Waals surface area contributed by atoms with E-state index in [0.29, 0.717) is 61.3 Å². The number of nitrogens with one attached hydrogen (secondary N) is 4. The molecule has 0 saturated carbocycles. The smallest absolute Gasteiger partial charge is 0.405 e. The molecule has 5 aromatic rings. The zero-order chi connectivity index (χ0) is 49.5. The van der Waals surface area contributed by atoms with Gasteiger partial charge in [0.2, 0.25) is 11.8 Å². The van der Waals surface area contributed by atoms with Crippen LogP contribution in [0.3, 0.4) is 0 Å². The molecule has 2 saturated heterocycles. The molecule has 70 heavy (non-hydrogen) atoms. The van der Waals surface area contributed by atoms with Gasteiger partial charge in [0.15, 0.2) is 0 Å². The standard InChI is InChI=1S/C54H58N8O8/c1-53(2)21-19-37-42(34-26-36(30-56-28-34)58-48(64)40-18-12-24-62(40)50(66)46(60-52(69)70)32-15-9-6-10-16-32)44-38(20-22-54(44,3)4)41(43(37)53)33-25-35(29-55-27-33)57-47(63)39-17-11-23-61(39)49(65)45(59-51(67)68)31-13-7-5-8-14-31/h5-10,13-16,25-30,39-40,45-46,59-60H,11-12,17-24H2,1-4H3,(H,57,63)(H,58,64)(H,67,68)(H,69,70)/t39-,40-,45?,46?/m0/s1. The fourth-order valence-corrected chi connectivity index (χ4v) is 11.4. The van der Waals surface area contributed by atoms with Crippen LogP contribution in [0.25, 0.3) is 22.3 Å². The van der Waals surface area contributed by atoms with Crippen molar-refractivity contribution >= 4 is 47.2 Å². The van der Waals surface area contributed by atoms with Crippen molar-refractivity contribution in [3.8, 4) is 22.3 Å². The van der Waals surface area contributed by atoms with Crippen molar-refractivity contribution in [3.05, 3.63) is 131 Å². The van der Waals surface area contributed by atoms with E-state index in [1.54, 1.807) is 73.1 Å². The van der Waals surface area contributed by atoms with E-state index < -0.39 is 48.2 Å². The fraction of sp³-hybridized carbons (Fsp3) is 0.370. The predicted octanol–water partition coefficient (Wildman–Crippen LogP) is 8.14. The molecule has 4 aliphatic rings. The minimum absolute atomic E-state index is 0.241. The number of anilines is 2. The van der Waals surface area contributed by atoms with Crippen molar-refractivity contribution < 1.29 is 39.0 Å². The van der Waals surface area contributed by atoms with E-state index in [-0.39, 0.29) is 22.6 Å². The first kappa shape index (κ1) is 47.4. The maximum absolute atomic E-state index is 14.1. The minimum Gasteiger partial charge on any atom is -0.465 e. The number of carbonyl (C=O) groups is 6. The zero-order valence-corrected chi connectivity index (χ0v) is 39.8. The number of benzene rings is 3. The van der Waals surface area contributed by atoms with Crippen molar-refractivity contribution in [3.63, 3.8) is 0 Å². The molecule has 3 aromatic carbocycles. The second kappa shape index (κ2) is 19.1. The molecular weight excluding hydrogens is 889 g/mol. The number of likely N-dealkylation sites (tertiary alicyclic amines) is 2. The lowest BCUT2D eigenvalue weighted by atomic mass is 9.74. The van der Waals surface area contributed by atoms with E-state index in [1.165, 1.54) is 32.1 Å². The summed E-state index contributed by atoms with van der Waals surface area (Å²) >= 11 is 0. The number of carbonyl (C=O) groups excluding carboxylic acids is 4. The maximum atomic E-state index is 14.1. The first-order valence-electron chi connectivity index (χ1n) is 24.0. The third kappa shape index (κ3) is 9.17. The summed E-state index contributed by atoms with van der Waals surface area (Å²) in [5, 5.41) is 30.1. The number of aromatic nitrogens is 2. The van der Waals surface area contributed by atoms with Gasteiger partial charge in [0.1, 0.15) is 24.2 Å². The molecule has 4 atom stereocenters. The van der Waals surface area contributed by atoms with Crippen molar-refractivity contribution in [1.82, 2.24) is 30.4 Å². The average Bonchev–Trinajstić information content (AvgIpc) is 4.16. The number of pyridine rings is 2. The Morgan fingerprint density at radius 2 is 0.971 bits per heavy atom. The fourth-order valence-electron chi connectivity index (χ4n) is 11.4. The lowest BCUT2D eigenvalue weighted by Gasteiger charge is -2.31. The highest BCUT2D eigenvalue weighted by Crippen LogP contribution is 2.56. The molecule has 6 amide bonds. The normalized spacial score (nSPS) is 19.4. The number of hydrogen-bond acceptors (Lipinski definition) is 8. The van der Waals surface area contributed by atoms with Crippen LogP contribution in [0.5, 0.6) is 0 Å². The molecule has 16 heteroatoms. The summed E-state index contributed by atoms with van der Waals surface area (Å²) in [7, 11) is 0. The first-order valence-corrected chi connectivity index (χ1v) is 24.0. The van der Waals surface area contributed by atoms with E-state index in [2.05, 4.69) is 58.9 Å². The predicted molar refractivity (Wildman–Crippen MR) is 263 cm³/mol. The Morgan fingerprint density at radius 3 is 1.34 bits per heavy atom. The molecule has 2 aromatic heterocycles. The van der Waals surface area contributed by atoms with Gasteiger partial charge in [-0.3, -0.25) is 29.1 Å². The summed E-state index contributed by atoms with van der Waals surface area (Å²) in [4.78, 5) is 92.0. The average molecular weight is 947 g/mol. The van der Waals surface area contributed by atoms with Gasteiger partial charge < -0.3 is 41.3 Å². The van der Waals surface area contributed by atoms with Gasteiger partial charge in [-0.25, -0.2) is 9.59 Å². The van der Waals surface area contributed by atoms with Crippen LogP contribution in [0.1, 0.15) is 112 Å². The molecule has 4 heterocycles. The van der Waals surface area contributed by atoms with Gasteiger partial charge in [-0.1, -0.05) is 88.4 Å². The third-order valence-electron chi connectivity index (χ3n) is 14.6. The number of hydrogen-bond donors (Lipinski definition) is 6. The summed E-state index contributed by atoms with van der Waals surface area (Å²) in [5.41, 5.74) is 10.2. The second-order valence-electron chi connectivity index (χ2n) is 20.1. The Hall–Kier alpha value is -7.62. The Balaban J connectivity index is 1.01. The molecule has 2 aliphatic carbocycles. The lowest BCUT2D eigenvalue weighted by molar-refractivity contribution is -0.138. The Morgan fingerprint density at radius 1 is 0.586 bits per heavy atom. The zero-order valence-electron chi connectivity index (χ0n) is 39.8. The summed E-state index contributed by atoms with van der Waals surface area (Å²) in [6.45, 7) is 9.63. The highest BCUT2D eigenvalue weighted by molar-refractivity contribution is 6.01. The van der Waals surface area contributed by atoms with E-state index in [1.807, 2.05) is 24.5 Å². The monoisotopic (exact) mass is 946 g/mol. The molecule has 0 spiro atoms. The van der Waals surface area contributed by atoms with Gasteiger partial charge >= 0.3 is 12.2 Å². The molecule has 2 unspecified atom stereocenters. The van der Waals surface area contributed by atoms with E-state index >= 15 is 0 Å². The molecule has 0 bridgehead atoms. The highest BCUT2D eigenvalue weighted by atomic mass is 16.4. The van der Waals surface area contributed by atoms with E-state index in [9.17, 15) is 39.0 Å². The van der Waals surface area contributed by atoms with Crippen LogP contribution >= 0.6 is 0 Å². The number of rotatable bonds is 12. The SMILES string of the molecule is CC1(C)CCc2c(-c3cncc(NC(=O)[C@@H]4CCCN4C(=O)C(NC(=O)O)c4ccccc4)c3)c3c(c(-c4cncc(NC(=O)[C@@H]5CCCN5C(=O)C(NC(=O)O)c5ccccc5)c4)c21)CCC3(C)C. The minimum atomic E-state index is -1.34. The molecule has 2 fully saturated rings. The molecule has 9 rings (SSSR count). The van der Waals surface area contributed by atoms with Crippen LogP contribution in [0, 0.1) is 0 Å². The highest BCUT2D eigenvalue weighted by Gasteiger charge is 2.44. The van der Waals surface area contributed by atoms with Gasteiger partial charge in [-0.05, 0) is 119 Å². The molecular formula is C54H58N8O8. The summed E-state index contributed by atoms with van der Waals surface area (Å²) in [5.74, 6) is -1.74. The van der Waals surface area contributed by atoms with Crippen molar-refractivity contribution in [2.45, 2.75) is 114 Å². The quantitative estimate of drug-likeness (QED) is 0.0704. The van der Waals surface area contributed by atoms with Crippen LogP contribution in [-0.2, 0) is 42.8 Å². The van der Waals surface area contributed by atoms with Crippen molar-refractivity contribution in [2.75, 3.05) is 23.7 Å². The van der Waals surface area contributed by atoms with Gasteiger partial charge in [-0.15, -0.1) is 0 Å². The molecule has 16 nitrogen and oxygen atoms in total. The Bertz CT molecular complexity index is 2690. The third-order valence-corrected chi connectivity index (χ3v) is 14.6. The van der Waals surface area contributed by atoms with Crippen molar-refractivity contribution in [1.29, 1.82) is 0 Å². The second-order valence-corrected chi connectivity index (χ2v) is 20.1. The summed E-state index contributed by atoms with van der Waals surface area (Å²) in [6.07, 6.45) is 9.59. The number of nitrogens with zero attached hydrogens (tertiary/aromatic N) is 4. The van der Waals surface area contributed by atoms with Crippen LogP contribution in [-0.4, -0.2) is 91.0 Å². The number of fused-ring (bicyclic) bond motifs is 2. The number of amides is 6. The van der Waals surface area contributed by atoms with Crippen LogP contribution < -0.4 is 21.3 Å². The van der Waals surface area contributed by atoms with Gasteiger partial charge in [0, 0.05) is 36.6 Å². The van der Waals surface area contributed by atoms with E-state index in [0.717, 1.165) is 47.9 Å². The molecule has 0 radical (unpaired) electrons. The Kier molecular flexibility index (Phi) is 12.9. The van der Waals surface area contributed by atoms with Crippen molar-refractivity contribution in [2.24, 2.45) is 0 Å². The first-order chi connectivity index (χ1) is 33.5. The summed E-state index contributed by atoms with van der Waals surface area (Å²) < 4.78 is 0. The van der Waals surface area contributed by atoms with E-state index in [4.69, 9.17) is 0 Å². The van der Waals surface area contributed by atoms with Crippen LogP contribution in [0.2, 0.25) is 0 Å². The number of carboxylic acid groups (broad SMARTS) is 2. The molecule has 362 valence electrons. The van der Waals surface area contributed by atoms with Gasteiger partial charge in [0.25, 0.3) is 11.8 Å². The molecule has 2 aliphatic heterocycles. The van der Waals surface area contributed by atoms with Crippen LogP contribution in [0.15, 0.2) is 97.6 Å². The van der Waals surface area contributed by atoms with Gasteiger partial charge in [-0.2, -0.15) is 0 Å². The lowest BCUT2D eigenvalue weighted by Crippen LogP contribution is -2.48.